The summed E-state index contributed by atoms with van der Waals surface area (Å²) < 4.78 is 11.5. The lowest BCUT2D eigenvalue weighted by molar-refractivity contribution is -0.00381. The van der Waals surface area contributed by atoms with Crippen molar-refractivity contribution >= 4 is 6.09 Å². The molecule has 0 aliphatic carbocycles. The number of aliphatic hydroxyl groups is 1. The van der Waals surface area contributed by atoms with Gasteiger partial charge in [-0.2, -0.15) is 0 Å². The molecule has 0 saturated carbocycles. The summed E-state index contributed by atoms with van der Waals surface area (Å²) in [6.07, 6.45) is 4.40. The Kier molecular flexibility index (Phi) is 16.8. The summed E-state index contributed by atoms with van der Waals surface area (Å²) in [7, 11) is 0. The Morgan fingerprint density at radius 3 is 2.29 bits per heavy atom. The Morgan fingerprint density at radius 1 is 1.11 bits per heavy atom. The Morgan fingerprint density at radius 2 is 1.74 bits per heavy atom. The van der Waals surface area contributed by atoms with E-state index in [1.165, 1.54) is 5.57 Å². The van der Waals surface area contributed by atoms with E-state index in [0.717, 1.165) is 24.4 Å². The summed E-state index contributed by atoms with van der Waals surface area (Å²) >= 11 is 0. The molecule has 1 heterocycles. The van der Waals surface area contributed by atoms with Crippen LogP contribution in [0.1, 0.15) is 74.3 Å². The molecule has 1 aromatic rings. The number of benzene rings is 1. The topological polar surface area (TPSA) is 62.2 Å². The van der Waals surface area contributed by atoms with Crippen molar-refractivity contribution in [2.45, 2.75) is 87.0 Å². The zero-order valence-corrected chi connectivity index (χ0v) is 23.6. The highest BCUT2D eigenvalue weighted by Gasteiger charge is 2.33. The van der Waals surface area contributed by atoms with Gasteiger partial charge in [-0.25, -0.2) is 4.79 Å². The number of hydrogen-bond donors (Lipinski definition) is 1. The second-order valence-electron chi connectivity index (χ2n) is 8.97. The van der Waals surface area contributed by atoms with Gasteiger partial charge in [-0.1, -0.05) is 64.1 Å². The molecular weight excluding hydrogens is 440 g/mol. The van der Waals surface area contributed by atoms with E-state index in [4.69, 9.17) is 9.47 Å². The molecule has 1 unspecified atom stereocenters. The van der Waals surface area contributed by atoms with Crippen LogP contribution in [-0.4, -0.2) is 65.4 Å². The van der Waals surface area contributed by atoms with Gasteiger partial charge in [0.15, 0.2) is 0 Å². The Balaban J connectivity index is 0.00000274. The summed E-state index contributed by atoms with van der Waals surface area (Å²) in [4.78, 5) is 16.7. The van der Waals surface area contributed by atoms with E-state index in [1.54, 1.807) is 4.90 Å². The molecule has 1 N–H and O–H groups in total. The van der Waals surface area contributed by atoms with Crippen LogP contribution in [0.25, 0.3) is 0 Å². The molecule has 1 aliphatic heterocycles. The third-order valence-electron chi connectivity index (χ3n) is 5.13. The minimum atomic E-state index is -0.530. The predicted molar refractivity (Wildman–Crippen MR) is 146 cm³/mol. The smallest absolute Gasteiger partial charge is 0.410 e. The van der Waals surface area contributed by atoms with E-state index < -0.39 is 5.60 Å². The second kappa shape index (κ2) is 18.0. The maximum absolute atomic E-state index is 12.6. The summed E-state index contributed by atoms with van der Waals surface area (Å²) in [6, 6.07) is 10.1. The van der Waals surface area contributed by atoms with Gasteiger partial charge in [0, 0.05) is 38.8 Å². The van der Waals surface area contributed by atoms with Gasteiger partial charge in [0.25, 0.3) is 0 Å². The minimum absolute atomic E-state index is 0.0423. The monoisotopic (exact) mass is 490 g/mol. The van der Waals surface area contributed by atoms with Gasteiger partial charge < -0.3 is 19.5 Å². The van der Waals surface area contributed by atoms with Crippen molar-refractivity contribution in [3.05, 3.63) is 59.4 Å². The number of carbonyl (C=O) groups is 1. The molecule has 1 aliphatic rings. The van der Waals surface area contributed by atoms with Gasteiger partial charge in [0.1, 0.15) is 12.2 Å². The summed E-state index contributed by atoms with van der Waals surface area (Å²) in [5, 5.41) is 9.50. The molecule has 1 saturated heterocycles. The van der Waals surface area contributed by atoms with Crippen molar-refractivity contribution in [1.82, 2.24) is 9.80 Å². The standard InChI is InChI=1S/C25H38N2O4.2C2H6/c1-6-21(16-20(2)30-19-22-10-8-7-9-11-22)17-26-13-14-27(23(18-26)12-15-28)24(29)31-25(3,4)5;2*1-2/h6-11,16,23,28H,12-15,17-19H2,1-5H3;2*1-2H3/b20-16+,21-6+;;. The van der Waals surface area contributed by atoms with E-state index >= 15 is 0 Å². The van der Waals surface area contributed by atoms with Crippen molar-refractivity contribution in [3.63, 3.8) is 0 Å². The highest BCUT2D eigenvalue weighted by Crippen LogP contribution is 2.19. The van der Waals surface area contributed by atoms with E-state index in [9.17, 15) is 9.90 Å². The van der Waals surface area contributed by atoms with Crippen molar-refractivity contribution in [1.29, 1.82) is 0 Å². The molecule has 1 fully saturated rings. The fraction of sp³-hybridized carbons (Fsp3) is 0.621. The van der Waals surface area contributed by atoms with Gasteiger partial charge in [-0.05, 0) is 58.3 Å². The third-order valence-corrected chi connectivity index (χ3v) is 5.13. The molecule has 6 heteroatoms. The Hall–Kier alpha value is -2.31. The van der Waals surface area contributed by atoms with E-state index in [1.807, 2.05) is 80.5 Å². The maximum atomic E-state index is 12.6. The number of aliphatic hydroxyl groups excluding tert-OH is 1. The van der Waals surface area contributed by atoms with Crippen molar-refractivity contribution in [3.8, 4) is 0 Å². The largest absolute Gasteiger partial charge is 0.494 e. The zero-order chi connectivity index (χ0) is 26.9. The molecule has 1 amide bonds. The first-order chi connectivity index (χ1) is 16.7. The van der Waals surface area contributed by atoms with Crippen LogP contribution in [0.3, 0.4) is 0 Å². The average molecular weight is 491 g/mol. The highest BCUT2D eigenvalue weighted by molar-refractivity contribution is 5.68. The third kappa shape index (κ3) is 13.4. The number of carbonyl (C=O) groups excluding carboxylic acids is 1. The molecule has 1 aromatic carbocycles. The van der Waals surface area contributed by atoms with Crippen LogP contribution in [0.4, 0.5) is 4.79 Å². The normalized spacial score (nSPS) is 17.0. The average Bonchev–Trinajstić information content (AvgIpc) is 2.85. The van der Waals surface area contributed by atoms with Gasteiger partial charge in [0.2, 0.25) is 0 Å². The molecule has 1 atom stereocenters. The van der Waals surface area contributed by atoms with Crippen LogP contribution in [0.2, 0.25) is 0 Å². The lowest BCUT2D eigenvalue weighted by Gasteiger charge is -2.41. The summed E-state index contributed by atoms with van der Waals surface area (Å²) in [5.74, 6) is 0.872. The van der Waals surface area contributed by atoms with Crippen LogP contribution in [0.5, 0.6) is 0 Å². The quantitative estimate of drug-likeness (QED) is 0.337. The van der Waals surface area contributed by atoms with Crippen molar-refractivity contribution in [2.24, 2.45) is 0 Å². The predicted octanol–water partition coefficient (Wildman–Crippen LogP) is 6.41. The van der Waals surface area contributed by atoms with Gasteiger partial charge in [0.05, 0.1) is 5.76 Å². The van der Waals surface area contributed by atoms with Gasteiger partial charge >= 0.3 is 6.09 Å². The van der Waals surface area contributed by atoms with Gasteiger partial charge in [-0.3, -0.25) is 4.90 Å². The minimum Gasteiger partial charge on any atom is -0.494 e. The van der Waals surface area contributed by atoms with E-state index in [2.05, 4.69) is 29.2 Å². The lowest BCUT2D eigenvalue weighted by Crippen LogP contribution is -2.56. The SMILES string of the molecule is C/C=C(\C=C(/C)OCc1ccccc1)CN1CCN(C(=O)OC(C)(C)C)C(CCO)C1.CC.CC. The first-order valence-electron chi connectivity index (χ1n) is 13.0. The summed E-state index contributed by atoms with van der Waals surface area (Å²) in [5.41, 5.74) is 1.78. The lowest BCUT2D eigenvalue weighted by atomic mass is 10.1. The second-order valence-corrected chi connectivity index (χ2v) is 8.97. The number of ether oxygens (including phenoxy) is 2. The molecular formula is C29H50N2O4. The van der Waals surface area contributed by atoms with E-state index in [0.29, 0.717) is 26.1 Å². The fourth-order valence-corrected chi connectivity index (χ4v) is 3.57. The molecule has 2 rings (SSSR count). The Bertz CT molecular complexity index is 754. The van der Waals surface area contributed by atoms with Gasteiger partial charge in [-0.15, -0.1) is 0 Å². The van der Waals surface area contributed by atoms with Crippen LogP contribution in [-0.2, 0) is 16.1 Å². The molecule has 0 bridgehead atoms. The van der Waals surface area contributed by atoms with Crippen LogP contribution in [0.15, 0.2) is 53.8 Å². The van der Waals surface area contributed by atoms with Crippen LogP contribution in [0, 0.1) is 0 Å². The number of allylic oxidation sites excluding steroid dienone is 2. The first-order valence-corrected chi connectivity index (χ1v) is 13.0. The molecule has 6 nitrogen and oxygen atoms in total. The number of piperazine rings is 1. The van der Waals surface area contributed by atoms with E-state index in [-0.39, 0.29) is 18.7 Å². The number of nitrogens with zero attached hydrogens (tertiary/aromatic N) is 2. The molecule has 0 radical (unpaired) electrons. The van der Waals surface area contributed by atoms with Crippen LogP contribution < -0.4 is 0 Å². The van der Waals surface area contributed by atoms with Crippen LogP contribution >= 0.6 is 0 Å². The fourth-order valence-electron chi connectivity index (χ4n) is 3.57. The number of hydrogen-bond acceptors (Lipinski definition) is 5. The first kappa shape index (κ1) is 32.7. The zero-order valence-electron chi connectivity index (χ0n) is 23.6. The molecule has 200 valence electrons. The van der Waals surface area contributed by atoms with Crippen molar-refractivity contribution < 1.29 is 19.4 Å². The highest BCUT2D eigenvalue weighted by atomic mass is 16.6. The molecule has 0 spiro atoms. The Labute approximate surface area is 214 Å². The van der Waals surface area contributed by atoms with Crippen molar-refractivity contribution in [2.75, 3.05) is 32.8 Å². The number of rotatable bonds is 8. The number of amides is 1. The molecule has 35 heavy (non-hydrogen) atoms. The maximum Gasteiger partial charge on any atom is 0.410 e. The molecule has 0 aromatic heterocycles. The summed E-state index contributed by atoms with van der Waals surface area (Å²) in [6.45, 7) is 21.0.